The Kier molecular flexibility index (Phi) is 3.27. The molecule has 66 valence electrons. The molecule has 0 atom stereocenters. The maximum absolute atomic E-state index is 4.38. The first-order valence-electron chi connectivity index (χ1n) is 4.62. The highest BCUT2D eigenvalue weighted by Gasteiger charge is 2.11. The van der Waals surface area contributed by atoms with Crippen LogP contribution in [0.5, 0.6) is 0 Å². The van der Waals surface area contributed by atoms with Crippen LogP contribution in [0, 0.1) is 0 Å². The molecule has 0 amide bonds. The van der Waals surface area contributed by atoms with Crippen molar-refractivity contribution in [3.05, 3.63) is 23.4 Å². The Bertz CT molecular complexity index is 233. The minimum absolute atomic E-state index is 1.13. The molecule has 1 aliphatic rings. The zero-order valence-electron chi connectivity index (χ0n) is 8.06. The minimum Gasteiger partial charge on any atom is -0.266 e. The van der Waals surface area contributed by atoms with Gasteiger partial charge in [-0.25, -0.2) is 0 Å². The van der Waals surface area contributed by atoms with E-state index in [4.69, 9.17) is 0 Å². The van der Waals surface area contributed by atoms with Crippen molar-refractivity contribution in [1.82, 2.24) is 0 Å². The topological polar surface area (TPSA) is 12.4 Å². The molecule has 1 nitrogen and oxygen atoms in total. The van der Waals surface area contributed by atoms with E-state index >= 15 is 0 Å². The molecule has 0 bridgehead atoms. The lowest BCUT2D eigenvalue weighted by Crippen LogP contribution is -1.99. The van der Waals surface area contributed by atoms with Crippen molar-refractivity contribution < 1.29 is 0 Å². The standard InChI is InChI=1S/C11H17N/c1-4-12-11-8-6-5-7-10(11)9(2)3/h4H,2,5-8H2,1,3H3. The van der Waals surface area contributed by atoms with Crippen molar-refractivity contribution >= 4 is 6.21 Å². The van der Waals surface area contributed by atoms with E-state index in [9.17, 15) is 0 Å². The molecule has 0 spiro atoms. The summed E-state index contributed by atoms with van der Waals surface area (Å²) >= 11 is 0. The minimum atomic E-state index is 1.13. The van der Waals surface area contributed by atoms with Gasteiger partial charge in [0.15, 0.2) is 0 Å². The van der Waals surface area contributed by atoms with Gasteiger partial charge in [0.2, 0.25) is 0 Å². The van der Waals surface area contributed by atoms with Gasteiger partial charge in [0.1, 0.15) is 0 Å². The van der Waals surface area contributed by atoms with E-state index in [1.54, 1.807) is 0 Å². The normalized spacial score (nSPS) is 18.8. The summed E-state index contributed by atoms with van der Waals surface area (Å²) < 4.78 is 0. The second-order valence-electron chi connectivity index (χ2n) is 3.30. The van der Waals surface area contributed by atoms with Gasteiger partial charge >= 0.3 is 0 Å². The van der Waals surface area contributed by atoms with Gasteiger partial charge in [0.05, 0.1) is 0 Å². The number of hydrogen-bond acceptors (Lipinski definition) is 1. The molecule has 0 unspecified atom stereocenters. The molecule has 0 heterocycles. The molecule has 0 aromatic rings. The van der Waals surface area contributed by atoms with Gasteiger partial charge in [-0.2, -0.15) is 0 Å². The van der Waals surface area contributed by atoms with Crippen LogP contribution in [-0.2, 0) is 0 Å². The Morgan fingerprint density at radius 1 is 1.42 bits per heavy atom. The van der Waals surface area contributed by atoms with Crippen LogP contribution in [0.15, 0.2) is 28.4 Å². The number of aliphatic imine (C=N–C) groups is 1. The van der Waals surface area contributed by atoms with E-state index in [0.717, 1.165) is 6.42 Å². The fourth-order valence-corrected chi connectivity index (χ4v) is 1.65. The molecule has 12 heavy (non-hydrogen) atoms. The highest BCUT2D eigenvalue weighted by atomic mass is 14.7. The Morgan fingerprint density at radius 3 is 2.67 bits per heavy atom. The zero-order valence-corrected chi connectivity index (χ0v) is 8.06. The van der Waals surface area contributed by atoms with Gasteiger partial charge in [-0.3, -0.25) is 4.99 Å². The fraction of sp³-hybridized carbons (Fsp3) is 0.545. The largest absolute Gasteiger partial charge is 0.266 e. The summed E-state index contributed by atoms with van der Waals surface area (Å²) in [5.41, 5.74) is 3.84. The molecule has 0 aromatic carbocycles. The van der Waals surface area contributed by atoms with Crippen LogP contribution >= 0.6 is 0 Å². The molecule has 1 aliphatic carbocycles. The number of rotatable bonds is 2. The molecule has 1 heteroatoms. The molecule has 0 radical (unpaired) electrons. The lowest BCUT2D eigenvalue weighted by molar-refractivity contribution is 0.672. The highest BCUT2D eigenvalue weighted by Crippen LogP contribution is 2.29. The Labute approximate surface area is 74.9 Å². The summed E-state index contributed by atoms with van der Waals surface area (Å²) in [6, 6.07) is 0. The average molecular weight is 163 g/mol. The Morgan fingerprint density at radius 2 is 2.08 bits per heavy atom. The van der Waals surface area contributed by atoms with Gasteiger partial charge in [-0.1, -0.05) is 12.2 Å². The van der Waals surface area contributed by atoms with Crippen LogP contribution in [0.3, 0.4) is 0 Å². The second-order valence-corrected chi connectivity index (χ2v) is 3.30. The Balaban J connectivity index is 2.90. The lowest BCUT2D eigenvalue weighted by Gasteiger charge is -2.17. The summed E-state index contributed by atoms with van der Waals surface area (Å²) in [5, 5.41) is 0. The lowest BCUT2D eigenvalue weighted by atomic mass is 9.92. The number of allylic oxidation sites excluding steroid dienone is 3. The number of hydrogen-bond donors (Lipinski definition) is 0. The monoisotopic (exact) mass is 163 g/mol. The van der Waals surface area contributed by atoms with Crippen LogP contribution in [0.2, 0.25) is 0 Å². The first-order chi connectivity index (χ1) is 5.75. The molecule has 0 saturated carbocycles. The van der Waals surface area contributed by atoms with Gasteiger partial charge in [0, 0.05) is 11.9 Å². The maximum Gasteiger partial charge on any atom is 0.0433 e. The predicted molar refractivity (Wildman–Crippen MR) is 54.5 cm³/mol. The summed E-state index contributed by atoms with van der Waals surface area (Å²) in [7, 11) is 0. The summed E-state index contributed by atoms with van der Waals surface area (Å²) in [6.07, 6.45) is 6.76. The van der Waals surface area contributed by atoms with Gasteiger partial charge < -0.3 is 0 Å². The zero-order chi connectivity index (χ0) is 8.97. The van der Waals surface area contributed by atoms with E-state index in [1.165, 1.54) is 36.1 Å². The SMILES string of the molecule is C=C(C)C1=C(N=CC)CCCC1. The Hall–Kier alpha value is -0.850. The van der Waals surface area contributed by atoms with Crippen LogP contribution in [0.1, 0.15) is 39.5 Å². The molecule has 0 aliphatic heterocycles. The van der Waals surface area contributed by atoms with E-state index in [0.29, 0.717) is 0 Å². The number of nitrogens with zero attached hydrogens (tertiary/aromatic N) is 1. The van der Waals surface area contributed by atoms with Crippen molar-refractivity contribution in [1.29, 1.82) is 0 Å². The first-order valence-corrected chi connectivity index (χ1v) is 4.62. The first kappa shape index (κ1) is 9.24. The summed E-state index contributed by atoms with van der Waals surface area (Å²) in [6.45, 7) is 8.02. The second kappa shape index (κ2) is 4.24. The third-order valence-corrected chi connectivity index (χ3v) is 2.24. The van der Waals surface area contributed by atoms with E-state index in [1.807, 2.05) is 13.1 Å². The highest BCUT2D eigenvalue weighted by molar-refractivity contribution is 5.56. The predicted octanol–water partition coefficient (Wildman–Crippen LogP) is 3.48. The van der Waals surface area contributed by atoms with Crippen LogP contribution in [0.4, 0.5) is 0 Å². The van der Waals surface area contributed by atoms with E-state index in [2.05, 4.69) is 18.5 Å². The third-order valence-electron chi connectivity index (χ3n) is 2.24. The summed E-state index contributed by atoms with van der Waals surface area (Å²) in [5.74, 6) is 0. The molecule has 0 aromatic heterocycles. The smallest absolute Gasteiger partial charge is 0.0433 e. The van der Waals surface area contributed by atoms with Crippen molar-refractivity contribution in [3.8, 4) is 0 Å². The fourth-order valence-electron chi connectivity index (χ4n) is 1.65. The molecular weight excluding hydrogens is 146 g/mol. The van der Waals surface area contributed by atoms with Crippen LogP contribution in [-0.4, -0.2) is 6.21 Å². The van der Waals surface area contributed by atoms with E-state index < -0.39 is 0 Å². The van der Waals surface area contributed by atoms with Gasteiger partial charge in [-0.05, 0) is 45.1 Å². The maximum atomic E-state index is 4.38. The molecule has 1 rings (SSSR count). The van der Waals surface area contributed by atoms with Crippen LogP contribution < -0.4 is 0 Å². The summed E-state index contributed by atoms with van der Waals surface area (Å²) in [4.78, 5) is 4.38. The molecule has 0 N–H and O–H groups in total. The van der Waals surface area contributed by atoms with Crippen molar-refractivity contribution in [3.63, 3.8) is 0 Å². The third kappa shape index (κ3) is 2.07. The quantitative estimate of drug-likeness (QED) is 0.553. The van der Waals surface area contributed by atoms with Crippen molar-refractivity contribution in [2.45, 2.75) is 39.5 Å². The van der Waals surface area contributed by atoms with Crippen LogP contribution in [0.25, 0.3) is 0 Å². The van der Waals surface area contributed by atoms with Crippen molar-refractivity contribution in [2.24, 2.45) is 4.99 Å². The molecule has 0 saturated heterocycles. The van der Waals surface area contributed by atoms with Gasteiger partial charge in [0.25, 0.3) is 0 Å². The average Bonchev–Trinajstić information content (AvgIpc) is 2.05. The van der Waals surface area contributed by atoms with Crippen molar-refractivity contribution in [2.75, 3.05) is 0 Å². The van der Waals surface area contributed by atoms with E-state index in [-0.39, 0.29) is 0 Å². The van der Waals surface area contributed by atoms with Gasteiger partial charge in [-0.15, -0.1) is 0 Å². The molecule has 0 fully saturated rings. The molecular formula is C11H17N.